The lowest BCUT2D eigenvalue weighted by molar-refractivity contribution is 0.231. The van der Waals surface area contributed by atoms with Gasteiger partial charge in [0.15, 0.2) is 0 Å². The Labute approximate surface area is 94.9 Å². The van der Waals surface area contributed by atoms with Crippen molar-refractivity contribution in [2.75, 3.05) is 0 Å². The second-order valence-electron chi connectivity index (χ2n) is 5.31. The van der Waals surface area contributed by atoms with E-state index in [-0.39, 0.29) is 0 Å². The Morgan fingerprint density at radius 2 is 2.00 bits per heavy atom. The summed E-state index contributed by atoms with van der Waals surface area (Å²) in [5.41, 5.74) is 5.45. The van der Waals surface area contributed by atoms with Gasteiger partial charge in [-0.1, -0.05) is 11.6 Å². The maximum atomic E-state index is 6.52. The average Bonchev–Trinajstić information content (AvgIpc) is 2.64. The van der Waals surface area contributed by atoms with E-state index in [9.17, 15) is 0 Å². The highest BCUT2D eigenvalue weighted by molar-refractivity contribution is 6.32. The summed E-state index contributed by atoms with van der Waals surface area (Å²) in [7, 11) is 0. The van der Waals surface area contributed by atoms with Gasteiger partial charge in [-0.25, -0.2) is 0 Å². The second-order valence-corrected chi connectivity index (χ2v) is 5.68. The van der Waals surface area contributed by atoms with Crippen LogP contribution in [0.4, 0.5) is 0 Å². The van der Waals surface area contributed by atoms with Crippen LogP contribution in [0.1, 0.15) is 47.7 Å². The van der Waals surface area contributed by atoms with Gasteiger partial charge in [-0.3, -0.25) is 4.98 Å². The van der Waals surface area contributed by atoms with Crippen LogP contribution in [-0.2, 0) is 19.3 Å². The molecule has 0 radical (unpaired) electrons. The molecule has 1 fully saturated rings. The molecule has 5 rings (SSSR count). The molecule has 1 saturated carbocycles. The minimum Gasteiger partial charge on any atom is -0.257 e. The SMILES string of the molecule is Clc1c2c(nc3c1CC1CC3C1)CCC2. The third kappa shape index (κ3) is 1.02. The van der Waals surface area contributed by atoms with Crippen molar-refractivity contribution >= 4 is 11.6 Å². The number of fused-ring (bicyclic) bond motifs is 1. The summed E-state index contributed by atoms with van der Waals surface area (Å²) in [5.74, 6) is 1.67. The minimum absolute atomic E-state index is 0.752. The summed E-state index contributed by atoms with van der Waals surface area (Å²) in [6.45, 7) is 0. The Kier molecular flexibility index (Phi) is 1.58. The van der Waals surface area contributed by atoms with E-state index >= 15 is 0 Å². The molecule has 1 aromatic heterocycles. The Bertz CT molecular complexity index is 446. The van der Waals surface area contributed by atoms with Gasteiger partial charge >= 0.3 is 0 Å². The van der Waals surface area contributed by atoms with Gasteiger partial charge in [0.25, 0.3) is 0 Å². The molecule has 15 heavy (non-hydrogen) atoms. The summed E-state index contributed by atoms with van der Waals surface area (Å²) in [6, 6.07) is 0. The predicted octanol–water partition coefficient (Wildman–Crippen LogP) is 3.27. The van der Waals surface area contributed by atoms with Crippen LogP contribution in [0, 0.1) is 5.92 Å². The van der Waals surface area contributed by atoms with Crippen LogP contribution in [0.3, 0.4) is 0 Å². The van der Waals surface area contributed by atoms with Crippen molar-refractivity contribution in [2.24, 2.45) is 5.92 Å². The summed E-state index contributed by atoms with van der Waals surface area (Å²) < 4.78 is 0. The lowest BCUT2D eigenvalue weighted by atomic mass is 9.64. The van der Waals surface area contributed by atoms with E-state index in [1.165, 1.54) is 48.2 Å². The van der Waals surface area contributed by atoms with Gasteiger partial charge in [0.2, 0.25) is 0 Å². The molecule has 1 aromatic rings. The number of rotatable bonds is 0. The van der Waals surface area contributed by atoms with Crippen LogP contribution in [0.5, 0.6) is 0 Å². The van der Waals surface area contributed by atoms with E-state index in [0.717, 1.165) is 29.7 Å². The quantitative estimate of drug-likeness (QED) is 0.653. The fourth-order valence-electron chi connectivity index (χ4n) is 3.54. The molecule has 2 bridgehead atoms. The first kappa shape index (κ1) is 8.58. The molecule has 0 aromatic carbocycles. The van der Waals surface area contributed by atoms with Gasteiger partial charge in [-0.15, -0.1) is 0 Å². The fourth-order valence-corrected chi connectivity index (χ4v) is 3.92. The maximum Gasteiger partial charge on any atom is 0.0506 e. The summed E-state index contributed by atoms with van der Waals surface area (Å²) >= 11 is 6.52. The van der Waals surface area contributed by atoms with Gasteiger partial charge in [-0.05, 0) is 55.6 Å². The number of nitrogens with zero attached hydrogens (tertiary/aromatic N) is 1. The van der Waals surface area contributed by atoms with Crippen LogP contribution in [0.25, 0.3) is 0 Å². The van der Waals surface area contributed by atoms with Crippen LogP contribution in [-0.4, -0.2) is 4.98 Å². The highest BCUT2D eigenvalue weighted by Crippen LogP contribution is 2.51. The zero-order valence-electron chi connectivity index (χ0n) is 8.72. The lowest BCUT2D eigenvalue weighted by Crippen LogP contribution is -2.32. The van der Waals surface area contributed by atoms with Crippen LogP contribution in [0.2, 0.25) is 5.02 Å². The molecule has 78 valence electrons. The molecule has 0 aliphatic heterocycles. The first-order valence-corrected chi connectivity index (χ1v) is 6.40. The molecule has 0 saturated heterocycles. The summed E-state index contributed by atoms with van der Waals surface area (Å²) in [4.78, 5) is 4.89. The van der Waals surface area contributed by atoms with Crippen molar-refractivity contribution in [3.05, 3.63) is 27.5 Å². The van der Waals surface area contributed by atoms with Crippen LogP contribution in [0.15, 0.2) is 0 Å². The van der Waals surface area contributed by atoms with Crippen molar-refractivity contribution in [1.82, 2.24) is 4.98 Å². The standard InChI is InChI=1S/C13H14ClN/c14-12-9-2-1-3-11(9)15-13-8-4-7(5-8)6-10(12)13/h7-8H,1-6H2. The Morgan fingerprint density at radius 1 is 1.13 bits per heavy atom. The first-order valence-electron chi connectivity index (χ1n) is 6.03. The molecule has 0 N–H and O–H groups in total. The number of aryl methyl sites for hydroxylation is 1. The molecule has 1 nitrogen and oxygen atoms in total. The van der Waals surface area contributed by atoms with Gasteiger partial charge in [-0.2, -0.15) is 0 Å². The topological polar surface area (TPSA) is 12.9 Å². The molecule has 1 heterocycles. The molecule has 0 amide bonds. The van der Waals surface area contributed by atoms with Gasteiger partial charge < -0.3 is 0 Å². The van der Waals surface area contributed by atoms with E-state index in [1.807, 2.05) is 0 Å². The summed E-state index contributed by atoms with van der Waals surface area (Å²) in [6.07, 6.45) is 7.50. The van der Waals surface area contributed by atoms with Gasteiger partial charge in [0.1, 0.15) is 0 Å². The van der Waals surface area contributed by atoms with E-state index in [1.54, 1.807) is 0 Å². The molecule has 0 atom stereocenters. The van der Waals surface area contributed by atoms with E-state index in [0.29, 0.717) is 0 Å². The van der Waals surface area contributed by atoms with Crippen molar-refractivity contribution in [3.63, 3.8) is 0 Å². The Hall–Kier alpha value is -0.560. The normalized spacial score (nSPS) is 30.7. The van der Waals surface area contributed by atoms with Crippen LogP contribution < -0.4 is 0 Å². The van der Waals surface area contributed by atoms with Gasteiger partial charge in [0, 0.05) is 17.3 Å². The maximum absolute atomic E-state index is 6.52. The van der Waals surface area contributed by atoms with Crippen molar-refractivity contribution < 1.29 is 0 Å². The second kappa shape index (κ2) is 2.76. The fraction of sp³-hybridized carbons (Fsp3) is 0.615. The number of halogens is 1. The lowest BCUT2D eigenvalue weighted by Gasteiger charge is -2.42. The van der Waals surface area contributed by atoms with Crippen molar-refractivity contribution in [3.8, 4) is 0 Å². The van der Waals surface area contributed by atoms with Crippen molar-refractivity contribution in [2.45, 2.75) is 44.4 Å². The zero-order chi connectivity index (χ0) is 9.99. The number of aromatic nitrogens is 1. The Morgan fingerprint density at radius 3 is 2.87 bits per heavy atom. The number of hydrogen-bond acceptors (Lipinski definition) is 1. The Balaban J connectivity index is 1.97. The van der Waals surface area contributed by atoms with Crippen LogP contribution >= 0.6 is 11.6 Å². The zero-order valence-corrected chi connectivity index (χ0v) is 9.48. The molecular formula is C13H14ClN. The largest absolute Gasteiger partial charge is 0.257 e. The van der Waals surface area contributed by atoms with E-state index in [2.05, 4.69) is 0 Å². The smallest absolute Gasteiger partial charge is 0.0506 e. The highest BCUT2D eigenvalue weighted by atomic mass is 35.5. The van der Waals surface area contributed by atoms with Gasteiger partial charge in [0.05, 0.1) is 5.02 Å². The molecule has 4 aliphatic rings. The molecule has 2 heteroatoms. The van der Waals surface area contributed by atoms with E-state index in [4.69, 9.17) is 16.6 Å². The minimum atomic E-state index is 0.752. The molecule has 4 aliphatic carbocycles. The highest BCUT2D eigenvalue weighted by Gasteiger charge is 2.40. The van der Waals surface area contributed by atoms with Crippen molar-refractivity contribution in [1.29, 1.82) is 0 Å². The average molecular weight is 220 g/mol. The third-order valence-corrected chi connectivity index (χ3v) is 4.85. The number of hydrogen-bond donors (Lipinski definition) is 0. The predicted molar refractivity (Wildman–Crippen MR) is 60.4 cm³/mol. The molecule has 0 unspecified atom stereocenters. The third-order valence-electron chi connectivity index (χ3n) is 4.40. The number of pyridine rings is 1. The van der Waals surface area contributed by atoms with E-state index < -0.39 is 0 Å². The first-order chi connectivity index (χ1) is 7.33. The summed E-state index contributed by atoms with van der Waals surface area (Å²) in [5, 5.41) is 1.09. The molecular weight excluding hydrogens is 206 g/mol. The molecule has 0 spiro atoms. The monoisotopic (exact) mass is 219 g/mol.